The Morgan fingerprint density at radius 2 is 1.81 bits per heavy atom. The van der Waals surface area contributed by atoms with Crippen LogP contribution in [-0.4, -0.2) is 62.9 Å². The molecule has 1 amide bonds. The molecule has 2 aromatic rings. The van der Waals surface area contributed by atoms with E-state index in [1.54, 1.807) is 12.1 Å². The Balaban J connectivity index is 1.80. The van der Waals surface area contributed by atoms with Crippen molar-refractivity contribution in [1.29, 1.82) is 0 Å². The maximum atomic E-state index is 11.9. The van der Waals surface area contributed by atoms with Crippen molar-refractivity contribution in [1.82, 2.24) is 20.2 Å². The zero-order valence-electron chi connectivity index (χ0n) is 15.3. The lowest BCUT2D eigenvalue weighted by molar-refractivity contribution is 0.0945. The number of hydrogen-bond acceptors (Lipinski definition) is 7. The van der Waals surface area contributed by atoms with E-state index in [2.05, 4.69) is 20.6 Å². The molecule has 9 nitrogen and oxygen atoms in total. The summed E-state index contributed by atoms with van der Waals surface area (Å²) >= 11 is 0. The molecule has 0 aliphatic carbocycles. The molecule has 4 N–H and O–H groups in total. The summed E-state index contributed by atoms with van der Waals surface area (Å²) in [6.45, 7) is 1.87. The predicted molar refractivity (Wildman–Crippen MR) is 103 cm³/mol. The van der Waals surface area contributed by atoms with Crippen molar-refractivity contribution in [3.63, 3.8) is 0 Å². The predicted octanol–water partition coefficient (Wildman–Crippen LogP) is 0.0700. The van der Waals surface area contributed by atoms with Gasteiger partial charge in [-0.3, -0.25) is 4.79 Å². The molecule has 0 bridgehead atoms. The Kier molecular flexibility index (Phi) is 7.22. The maximum absolute atomic E-state index is 11.9. The standard InChI is InChI=1S/C17H24N6O3S/c1-23(2)10-9-20-17(24)15-11-22-16(12-21-15)19-8-7-13-3-5-14(6-4-13)27(18,25)26/h3-6,11-12H,7-10H2,1-2H3,(H,19,22)(H,20,24)(H2,18,25,26). The molecule has 27 heavy (non-hydrogen) atoms. The van der Waals surface area contributed by atoms with Gasteiger partial charge in [0.15, 0.2) is 0 Å². The molecule has 146 valence electrons. The Morgan fingerprint density at radius 1 is 1.11 bits per heavy atom. The second kappa shape index (κ2) is 9.40. The minimum Gasteiger partial charge on any atom is -0.368 e. The summed E-state index contributed by atoms with van der Waals surface area (Å²) in [5.74, 6) is 0.298. The first kappa shape index (κ1) is 20.7. The van der Waals surface area contributed by atoms with Crippen molar-refractivity contribution in [3.8, 4) is 0 Å². The highest BCUT2D eigenvalue weighted by Crippen LogP contribution is 2.09. The summed E-state index contributed by atoms with van der Waals surface area (Å²) in [6, 6.07) is 6.39. The van der Waals surface area contributed by atoms with Gasteiger partial charge >= 0.3 is 0 Å². The fourth-order valence-electron chi connectivity index (χ4n) is 2.20. The number of primary sulfonamides is 1. The number of sulfonamides is 1. The van der Waals surface area contributed by atoms with Crippen molar-refractivity contribution in [2.75, 3.05) is 39.0 Å². The minimum absolute atomic E-state index is 0.0875. The van der Waals surface area contributed by atoms with E-state index in [-0.39, 0.29) is 16.5 Å². The number of nitrogens with two attached hydrogens (primary N) is 1. The lowest BCUT2D eigenvalue weighted by atomic mass is 10.1. The normalized spacial score (nSPS) is 11.4. The van der Waals surface area contributed by atoms with E-state index in [4.69, 9.17) is 5.14 Å². The highest BCUT2D eigenvalue weighted by atomic mass is 32.2. The molecule has 0 fully saturated rings. The van der Waals surface area contributed by atoms with Crippen LogP contribution in [0.1, 0.15) is 16.1 Å². The van der Waals surface area contributed by atoms with Gasteiger partial charge in [-0.2, -0.15) is 0 Å². The monoisotopic (exact) mass is 392 g/mol. The smallest absolute Gasteiger partial charge is 0.271 e. The number of likely N-dealkylation sites (N-methyl/N-ethyl adjacent to an activating group) is 1. The number of hydrogen-bond donors (Lipinski definition) is 3. The average Bonchev–Trinajstić information content (AvgIpc) is 2.61. The van der Waals surface area contributed by atoms with E-state index in [1.165, 1.54) is 24.5 Å². The SMILES string of the molecule is CN(C)CCNC(=O)c1cnc(NCCc2ccc(S(N)(=O)=O)cc2)cn1. The van der Waals surface area contributed by atoms with Gasteiger partial charge in [0.25, 0.3) is 5.91 Å². The van der Waals surface area contributed by atoms with Gasteiger partial charge in [0.05, 0.1) is 17.3 Å². The second-order valence-electron chi connectivity index (χ2n) is 6.21. The van der Waals surface area contributed by atoms with Gasteiger partial charge in [0, 0.05) is 19.6 Å². The maximum Gasteiger partial charge on any atom is 0.271 e. The van der Waals surface area contributed by atoms with Crippen LogP contribution in [0.2, 0.25) is 0 Å². The van der Waals surface area contributed by atoms with Crippen molar-refractivity contribution < 1.29 is 13.2 Å². The van der Waals surface area contributed by atoms with Crippen LogP contribution in [0.3, 0.4) is 0 Å². The van der Waals surface area contributed by atoms with Gasteiger partial charge in [-0.05, 0) is 38.2 Å². The number of aromatic nitrogens is 2. The zero-order valence-corrected chi connectivity index (χ0v) is 16.2. The number of nitrogens with one attached hydrogen (secondary N) is 2. The van der Waals surface area contributed by atoms with Crippen molar-refractivity contribution in [2.45, 2.75) is 11.3 Å². The summed E-state index contributed by atoms with van der Waals surface area (Å²) in [6.07, 6.45) is 3.60. The van der Waals surface area contributed by atoms with E-state index >= 15 is 0 Å². The Morgan fingerprint density at radius 3 is 2.37 bits per heavy atom. The molecule has 0 aliphatic rings. The summed E-state index contributed by atoms with van der Waals surface area (Å²) in [5.41, 5.74) is 1.22. The first-order valence-corrected chi connectivity index (χ1v) is 9.91. The molecule has 1 aromatic carbocycles. The number of nitrogens with zero attached hydrogens (tertiary/aromatic N) is 3. The largest absolute Gasteiger partial charge is 0.368 e. The first-order chi connectivity index (χ1) is 12.8. The zero-order chi connectivity index (χ0) is 19.9. The average molecular weight is 392 g/mol. The molecule has 0 saturated heterocycles. The lowest BCUT2D eigenvalue weighted by Gasteiger charge is -2.10. The first-order valence-electron chi connectivity index (χ1n) is 8.36. The van der Waals surface area contributed by atoms with Crippen molar-refractivity contribution in [3.05, 3.63) is 47.9 Å². The highest BCUT2D eigenvalue weighted by Gasteiger charge is 2.08. The number of anilines is 1. The van der Waals surface area contributed by atoms with Crippen LogP contribution in [0.25, 0.3) is 0 Å². The minimum atomic E-state index is -3.67. The van der Waals surface area contributed by atoms with Crippen molar-refractivity contribution >= 4 is 21.7 Å². The third-order valence-corrected chi connectivity index (χ3v) is 4.63. The quantitative estimate of drug-likeness (QED) is 0.550. The molecule has 0 spiro atoms. The Hall–Kier alpha value is -2.56. The van der Waals surface area contributed by atoms with Gasteiger partial charge in [-0.15, -0.1) is 0 Å². The number of amides is 1. The lowest BCUT2D eigenvalue weighted by Crippen LogP contribution is -2.31. The van der Waals surface area contributed by atoms with Gasteiger partial charge in [-0.25, -0.2) is 23.5 Å². The second-order valence-corrected chi connectivity index (χ2v) is 7.77. The van der Waals surface area contributed by atoms with Gasteiger partial charge < -0.3 is 15.5 Å². The summed E-state index contributed by atoms with van der Waals surface area (Å²) in [7, 11) is 0.189. The van der Waals surface area contributed by atoms with E-state index in [0.717, 1.165) is 12.1 Å². The molecule has 1 heterocycles. The highest BCUT2D eigenvalue weighted by molar-refractivity contribution is 7.89. The van der Waals surface area contributed by atoms with Gasteiger partial charge in [0.1, 0.15) is 11.5 Å². The van der Waals surface area contributed by atoms with E-state index in [0.29, 0.717) is 25.3 Å². The molecular weight excluding hydrogens is 368 g/mol. The van der Waals surface area contributed by atoms with Gasteiger partial charge in [0.2, 0.25) is 10.0 Å². The van der Waals surface area contributed by atoms with Crippen LogP contribution in [0.4, 0.5) is 5.82 Å². The molecule has 0 saturated carbocycles. The third-order valence-electron chi connectivity index (χ3n) is 3.70. The van der Waals surface area contributed by atoms with Crippen LogP contribution in [-0.2, 0) is 16.4 Å². The Bertz CT molecular complexity index is 851. The fraction of sp³-hybridized carbons (Fsp3) is 0.353. The third kappa shape index (κ3) is 6.93. The topological polar surface area (TPSA) is 130 Å². The number of benzene rings is 1. The number of carbonyl (C=O) groups is 1. The number of rotatable bonds is 9. The summed E-state index contributed by atoms with van der Waals surface area (Å²) < 4.78 is 22.5. The van der Waals surface area contributed by atoms with E-state index in [9.17, 15) is 13.2 Å². The molecule has 0 radical (unpaired) electrons. The molecule has 0 aliphatic heterocycles. The van der Waals surface area contributed by atoms with Crippen LogP contribution in [0, 0.1) is 0 Å². The molecule has 0 unspecified atom stereocenters. The Labute approximate surface area is 159 Å². The van der Waals surface area contributed by atoms with Crippen LogP contribution < -0.4 is 15.8 Å². The van der Waals surface area contributed by atoms with Gasteiger partial charge in [-0.1, -0.05) is 12.1 Å². The molecule has 0 atom stereocenters. The fourth-order valence-corrected chi connectivity index (χ4v) is 2.72. The van der Waals surface area contributed by atoms with Crippen LogP contribution in [0.5, 0.6) is 0 Å². The van der Waals surface area contributed by atoms with E-state index in [1.807, 2.05) is 19.0 Å². The summed E-state index contributed by atoms with van der Waals surface area (Å²) in [4.78, 5) is 22.3. The van der Waals surface area contributed by atoms with Crippen LogP contribution >= 0.6 is 0 Å². The summed E-state index contributed by atoms with van der Waals surface area (Å²) in [5, 5.41) is 11.0. The molecule has 10 heteroatoms. The number of carbonyl (C=O) groups excluding carboxylic acids is 1. The molecule has 1 aromatic heterocycles. The van der Waals surface area contributed by atoms with Crippen molar-refractivity contribution in [2.24, 2.45) is 5.14 Å². The van der Waals surface area contributed by atoms with Crippen LogP contribution in [0.15, 0.2) is 41.6 Å². The molecular formula is C17H24N6O3S. The van der Waals surface area contributed by atoms with E-state index < -0.39 is 10.0 Å². The molecule has 2 rings (SSSR count).